The Labute approximate surface area is 150 Å². The third-order valence-corrected chi connectivity index (χ3v) is 5.52. The van der Waals surface area contributed by atoms with Crippen LogP contribution in [0.25, 0.3) is 22.3 Å². The van der Waals surface area contributed by atoms with Crippen LogP contribution in [-0.4, -0.2) is 23.1 Å². The number of ether oxygens (including phenoxy) is 1. The predicted octanol–water partition coefficient (Wildman–Crippen LogP) is 4.40. The van der Waals surface area contributed by atoms with Crippen LogP contribution >= 0.6 is 11.3 Å². The van der Waals surface area contributed by atoms with Gasteiger partial charge in [0.2, 0.25) is 0 Å². The first-order valence-electron chi connectivity index (χ1n) is 8.66. The molecular formula is C19H21N3O2S. The lowest BCUT2D eigenvalue weighted by molar-refractivity contribution is 0.415. The maximum absolute atomic E-state index is 12.4. The van der Waals surface area contributed by atoms with Crippen molar-refractivity contribution in [3.8, 4) is 17.1 Å². The molecule has 1 aliphatic carbocycles. The first-order valence-corrected chi connectivity index (χ1v) is 9.54. The van der Waals surface area contributed by atoms with Crippen molar-refractivity contribution >= 4 is 27.4 Å². The van der Waals surface area contributed by atoms with E-state index in [1.54, 1.807) is 36.6 Å². The van der Waals surface area contributed by atoms with Gasteiger partial charge in [0.25, 0.3) is 0 Å². The van der Waals surface area contributed by atoms with Crippen LogP contribution in [0.15, 0.2) is 34.4 Å². The van der Waals surface area contributed by atoms with Gasteiger partial charge in [-0.3, -0.25) is 4.79 Å². The number of nitrogens with zero attached hydrogens (tertiary/aromatic N) is 1. The molecule has 1 saturated carbocycles. The molecule has 2 heterocycles. The fourth-order valence-electron chi connectivity index (χ4n) is 3.38. The fraction of sp³-hybridized carbons (Fsp3) is 0.368. The molecule has 2 N–H and O–H groups in total. The molecule has 5 nitrogen and oxygen atoms in total. The molecule has 0 radical (unpaired) electrons. The predicted molar refractivity (Wildman–Crippen MR) is 103 cm³/mol. The number of nitrogens with one attached hydrogen (secondary N) is 2. The Kier molecular flexibility index (Phi) is 4.44. The molecular weight excluding hydrogens is 334 g/mol. The van der Waals surface area contributed by atoms with Crippen molar-refractivity contribution in [2.75, 3.05) is 12.4 Å². The highest BCUT2D eigenvalue weighted by Gasteiger charge is 2.15. The monoisotopic (exact) mass is 355 g/mol. The van der Waals surface area contributed by atoms with Gasteiger partial charge in [-0.05, 0) is 25.0 Å². The van der Waals surface area contributed by atoms with E-state index in [0.717, 1.165) is 27.8 Å². The summed E-state index contributed by atoms with van der Waals surface area (Å²) >= 11 is 1.59. The zero-order chi connectivity index (χ0) is 17.2. The smallest absolute Gasteiger partial charge is 0.190 e. The molecule has 0 saturated heterocycles. The largest absolute Gasteiger partial charge is 0.497 e. The van der Waals surface area contributed by atoms with E-state index in [-0.39, 0.29) is 5.43 Å². The lowest BCUT2D eigenvalue weighted by atomic mass is 9.96. The van der Waals surface area contributed by atoms with Gasteiger partial charge in [0.1, 0.15) is 5.75 Å². The first-order chi connectivity index (χ1) is 12.2. The quantitative estimate of drug-likeness (QED) is 0.728. The van der Waals surface area contributed by atoms with Crippen LogP contribution in [0.5, 0.6) is 5.75 Å². The zero-order valence-electron chi connectivity index (χ0n) is 14.2. The second kappa shape index (κ2) is 6.88. The maximum Gasteiger partial charge on any atom is 0.190 e. The van der Waals surface area contributed by atoms with E-state index >= 15 is 0 Å². The molecule has 25 heavy (non-hydrogen) atoms. The number of rotatable bonds is 4. The first kappa shape index (κ1) is 16.1. The lowest BCUT2D eigenvalue weighted by Crippen LogP contribution is -2.21. The van der Waals surface area contributed by atoms with Gasteiger partial charge in [-0.25, -0.2) is 4.98 Å². The summed E-state index contributed by atoms with van der Waals surface area (Å²) in [5.41, 5.74) is 2.28. The summed E-state index contributed by atoms with van der Waals surface area (Å²) in [6.07, 6.45) is 6.33. The van der Waals surface area contributed by atoms with E-state index in [2.05, 4.69) is 15.3 Å². The molecule has 3 aromatic rings. The van der Waals surface area contributed by atoms with E-state index in [9.17, 15) is 4.79 Å². The van der Waals surface area contributed by atoms with E-state index in [1.165, 1.54) is 32.1 Å². The van der Waals surface area contributed by atoms with Gasteiger partial charge in [0, 0.05) is 28.9 Å². The van der Waals surface area contributed by atoms with Crippen molar-refractivity contribution in [2.24, 2.45) is 0 Å². The number of fused-ring (bicyclic) bond motifs is 1. The van der Waals surface area contributed by atoms with Gasteiger partial charge in [-0.15, -0.1) is 11.3 Å². The number of aromatic nitrogens is 2. The molecule has 0 atom stereocenters. The molecule has 6 heteroatoms. The highest BCUT2D eigenvalue weighted by Crippen LogP contribution is 2.28. The van der Waals surface area contributed by atoms with E-state index < -0.39 is 0 Å². The number of benzene rings is 1. The van der Waals surface area contributed by atoms with Gasteiger partial charge in [0.15, 0.2) is 10.6 Å². The Balaban J connectivity index is 1.64. The van der Waals surface area contributed by atoms with E-state index in [4.69, 9.17) is 4.74 Å². The van der Waals surface area contributed by atoms with Crippen LogP contribution in [0.1, 0.15) is 32.1 Å². The normalized spacial score (nSPS) is 15.4. The summed E-state index contributed by atoms with van der Waals surface area (Å²) in [7, 11) is 1.62. The number of pyridine rings is 1. The standard InChI is InChI=1S/C19H21N3O2S/c1-24-13-7-8-14-15(9-13)21-16(10-18(14)23)17-11-25-19(22-17)20-12-5-3-2-4-6-12/h7-12H,2-6H2,1H3,(H,20,22)(H,21,23). The van der Waals surface area contributed by atoms with Crippen LogP contribution < -0.4 is 15.5 Å². The number of anilines is 1. The second-order valence-electron chi connectivity index (χ2n) is 6.48. The summed E-state index contributed by atoms with van der Waals surface area (Å²) in [5, 5.41) is 7.10. The average Bonchev–Trinajstić information content (AvgIpc) is 3.10. The van der Waals surface area contributed by atoms with Crippen molar-refractivity contribution < 1.29 is 4.74 Å². The lowest BCUT2D eigenvalue weighted by Gasteiger charge is -2.22. The van der Waals surface area contributed by atoms with Crippen molar-refractivity contribution in [1.82, 2.24) is 9.97 Å². The molecule has 4 rings (SSSR count). The van der Waals surface area contributed by atoms with Crippen LogP contribution in [-0.2, 0) is 0 Å². The summed E-state index contributed by atoms with van der Waals surface area (Å²) in [6.45, 7) is 0. The highest BCUT2D eigenvalue weighted by molar-refractivity contribution is 7.14. The Morgan fingerprint density at radius 3 is 2.88 bits per heavy atom. The van der Waals surface area contributed by atoms with E-state index in [1.807, 2.05) is 11.4 Å². The third kappa shape index (κ3) is 3.39. The summed E-state index contributed by atoms with van der Waals surface area (Å²) < 4.78 is 5.25. The Morgan fingerprint density at radius 1 is 1.24 bits per heavy atom. The fourth-order valence-corrected chi connectivity index (χ4v) is 4.17. The Morgan fingerprint density at radius 2 is 2.08 bits per heavy atom. The Hall–Kier alpha value is -2.34. The average molecular weight is 355 g/mol. The molecule has 0 aliphatic heterocycles. The van der Waals surface area contributed by atoms with Crippen molar-refractivity contribution in [3.05, 3.63) is 39.9 Å². The molecule has 0 unspecified atom stereocenters. The topological polar surface area (TPSA) is 67.0 Å². The number of hydrogen-bond acceptors (Lipinski definition) is 5. The molecule has 1 aliphatic rings. The zero-order valence-corrected chi connectivity index (χ0v) is 15.0. The van der Waals surface area contributed by atoms with Gasteiger partial charge in [-0.2, -0.15) is 0 Å². The van der Waals surface area contributed by atoms with E-state index in [0.29, 0.717) is 11.4 Å². The second-order valence-corrected chi connectivity index (χ2v) is 7.33. The minimum atomic E-state index is -0.0128. The molecule has 1 fully saturated rings. The molecule has 0 spiro atoms. The summed E-state index contributed by atoms with van der Waals surface area (Å²) in [6, 6.07) is 7.56. The molecule has 0 bridgehead atoms. The highest BCUT2D eigenvalue weighted by atomic mass is 32.1. The number of H-pyrrole nitrogens is 1. The third-order valence-electron chi connectivity index (χ3n) is 4.75. The number of hydrogen-bond donors (Lipinski definition) is 2. The molecule has 1 aromatic carbocycles. The van der Waals surface area contributed by atoms with Crippen molar-refractivity contribution in [1.29, 1.82) is 0 Å². The van der Waals surface area contributed by atoms with Gasteiger partial charge in [-0.1, -0.05) is 19.3 Å². The van der Waals surface area contributed by atoms with Crippen LogP contribution in [0.2, 0.25) is 0 Å². The van der Waals surface area contributed by atoms with Crippen molar-refractivity contribution in [3.63, 3.8) is 0 Å². The number of aromatic amines is 1. The molecule has 0 amide bonds. The summed E-state index contributed by atoms with van der Waals surface area (Å²) in [5.74, 6) is 0.721. The van der Waals surface area contributed by atoms with Crippen LogP contribution in [0.3, 0.4) is 0 Å². The van der Waals surface area contributed by atoms with Crippen molar-refractivity contribution in [2.45, 2.75) is 38.1 Å². The van der Waals surface area contributed by atoms with Crippen LogP contribution in [0.4, 0.5) is 5.13 Å². The van der Waals surface area contributed by atoms with Gasteiger partial charge >= 0.3 is 0 Å². The SMILES string of the molecule is COc1ccc2c(=O)cc(-c3csc(NC4CCCCC4)n3)[nH]c2c1. The van der Waals surface area contributed by atoms with Crippen LogP contribution in [0, 0.1) is 0 Å². The Bertz CT molecular complexity index is 941. The minimum Gasteiger partial charge on any atom is -0.497 e. The van der Waals surface area contributed by atoms with Gasteiger partial charge in [0.05, 0.1) is 24.0 Å². The molecule has 2 aromatic heterocycles. The maximum atomic E-state index is 12.4. The number of thiazole rings is 1. The summed E-state index contributed by atoms with van der Waals surface area (Å²) in [4.78, 5) is 20.4. The number of methoxy groups -OCH3 is 1. The molecule has 130 valence electrons. The van der Waals surface area contributed by atoms with Gasteiger partial charge < -0.3 is 15.0 Å². The minimum absolute atomic E-state index is 0.0128.